The van der Waals surface area contributed by atoms with E-state index < -0.39 is 18.1 Å². The lowest BCUT2D eigenvalue weighted by molar-refractivity contribution is -0.139. The lowest BCUT2D eigenvalue weighted by Gasteiger charge is -2.15. The Morgan fingerprint density at radius 3 is 2.53 bits per heavy atom. The summed E-state index contributed by atoms with van der Waals surface area (Å²) >= 11 is 0. The van der Waals surface area contributed by atoms with E-state index in [-0.39, 0.29) is 11.7 Å². The first-order chi connectivity index (χ1) is 18.3. The van der Waals surface area contributed by atoms with Crippen molar-refractivity contribution in [3.8, 4) is 17.3 Å². The summed E-state index contributed by atoms with van der Waals surface area (Å²) < 4.78 is 12.0. The second-order valence-corrected chi connectivity index (χ2v) is 8.21. The van der Waals surface area contributed by atoms with Gasteiger partial charge in [-0.2, -0.15) is 0 Å². The maximum absolute atomic E-state index is 13.3. The Kier molecular flexibility index (Phi) is 7.66. The van der Waals surface area contributed by atoms with E-state index >= 15 is 0 Å². The van der Waals surface area contributed by atoms with Gasteiger partial charge in [0.05, 0.1) is 18.5 Å². The number of aromatic nitrogens is 3. The number of hydrogen-bond donors (Lipinski definition) is 3. The molecule has 0 fully saturated rings. The van der Waals surface area contributed by atoms with Gasteiger partial charge in [0, 0.05) is 23.6 Å². The van der Waals surface area contributed by atoms with Crippen molar-refractivity contribution >= 4 is 29.1 Å². The standard InChI is InChI=1S/C27H25N5O6/c1-16-13-22(29-17(2)24(16)38-15-23(33)34)32-12-11-28-25(27(32)36)31-20-14-18(9-10-21(20)37-3)26(35)30-19-7-5-4-6-8-19/h4-14H,15H2,1-3H3,(H,28,31)(H,30,35)(H,33,34). The molecule has 38 heavy (non-hydrogen) atoms. The van der Waals surface area contributed by atoms with Crippen molar-refractivity contribution in [3.63, 3.8) is 0 Å². The van der Waals surface area contributed by atoms with Gasteiger partial charge >= 0.3 is 5.97 Å². The molecule has 0 unspecified atom stereocenters. The third-order valence-electron chi connectivity index (χ3n) is 5.49. The van der Waals surface area contributed by atoms with Gasteiger partial charge in [0.25, 0.3) is 11.5 Å². The van der Waals surface area contributed by atoms with E-state index in [0.29, 0.717) is 45.5 Å². The molecular formula is C27H25N5O6. The van der Waals surface area contributed by atoms with Crippen LogP contribution in [0.25, 0.3) is 5.82 Å². The molecule has 0 spiro atoms. The summed E-state index contributed by atoms with van der Waals surface area (Å²) in [5.74, 6) is -0.406. The van der Waals surface area contributed by atoms with Crippen LogP contribution >= 0.6 is 0 Å². The van der Waals surface area contributed by atoms with E-state index in [1.54, 1.807) is 50.2 Å². The lowest BCUT2D eigenvalue weighted by atomic mass is 10.1. The molecule has 0 aliphatic heterocycles. The highest BCUT2D eigenvalue weighted by Crippen LogP contribution is 2.28. The molecule has 0 atom stereocenters. The molecule has 0 aliphatic carbocycles. The van der Waals surface area contributed by atoms with Gasteiger partial charge in [0.1, 0.15) is 17.3 Å². The van der Waals surface area contributed by atoms with E-state index in [1.165, 1.54) is 24.1 Å². The fourth-order valence-corrected chi connectivity index (χ4v) is 3.75. The molecule has 0 bridgehead atoms. The number of pyridine rings is 1. The number of anilines is 3. The first-order valence-corrected chi connectivity index (χ1v) is 11.5. The number of methoxy groups -OCH3 is 1. The number of amides is 1. The topological polar surface area (TPSA) is 145 Å². The van der Waals surface area contributed by atoms with E-state index in [1.807, 2.05) is 18.2 Å². The molecule has 11 nitrogen and oxygen atoms in total. The first-order valence-electron chi connectivity index (χ1n) is 11.5. The smallest absolute Gasteiger partial charge is 0.341 e. The molecule has 2 aromatic heterocycles. The monoisotopic (exact) mass is 515 g/mol. The number of carboxylic acid groups (broad SMARTS) is 1. The number of ether oxygens (including phenoxy) is 2. The summed E-state index contributed by atoms with van der Waals surface area (Å²) in [7, 11) is 1.48. The highest BCUT2D eigenvalue weighted by molar-refractivity contribution is 6.05. The van der Waals surface area contributed by atoms with Crippen LogP contribution in [0.1, 0.15) is 21.6 Å². The number of aliphatic carboxylic acids is 1. The van der Waals surface area contributed by atoms with Crippen molar-refractivity contribution in [1.82, 2.24) is 14.5 Å². The first kappa shape index (κ1) is 25.9. The highest BCUT2D eigenvalue weighted by atomic mass is 16.5. The Bertz CT molecular complexity index is 1530. The summed E-state index contributed by atoms with van der Waals surface area (Å²) in [6, 6.07) is 15.5. The number of nitrogens with zero attached hydrogens (tertiary/aromatic N) is 3. The van der Waals surface area contributed by atoms with Crippen molar-refractivity contribution in [3.05, 3.63) is 94.2 Å². The van der Waals surface area contributed by atoms with E-state index in [2.05, 4.69) is 20.6 Å². The maximum atomic E-state index is 13.3. The van der Waals surface area contributed by atoms with Gasteiger partial charge in [0.2, 0.25) is 0 Å². The Morgan fingerprint density at radius 1 is 1.08 bits per heavy atom. The average molecular weight is 516 g/mol. The minimum absolute atomic E-state index is 0.0188. The second kappa shape index (κ2) is 11.2. The number of carbonyl (C=O) groups is 2. The molecule has 194 valence electrons. The predicted molar refractivity (Wildman–Crippen MR) is 141 cm³/mol. The van der Waals surface area contributed by atoms with E-state index in [0.717, 1.165) is 0 Å². The molecule has 2 aromatic carbocycles. The van der Waals surface area contributed by atoms with Crippen molar-refractivity contribution in [2.24, 2.45) is 0 Å². The second-order valence-electron chi connectivity index (χ2n) is 8.21. The van der Waals surface area contributed by atoms with Gasteiger partial charge < -0.3 is 25.2 Å². The molecule has 4 aromatic rings. The zero-order valence-electron chi connectivity index (χ0n) is 20.9. The van der Waals surface area contributed by atoms with Gasteiger partial charge in [-0.15, -0.1) is 0 Å². The summed E-state index contributed by atoms with van der Waals surface area (Å²) in [5, 5.41) is 14.7. The lowest BCUT2D eigenvalue weighted by Crippen LogP contribution is -2.23. The Hall–Kier alpha value is -5.19. The molecule has 2 heterocycles. The number of rotatable bonds is 9. The third-order valence-corrected chi connectivity index (χ3v) is 5.49. The molecule has 3 N–H and O–H groups in total. The molecular weight excluding hydrogens is 490 g/mol. The molecule has 0 aliphatic rings. The van der Waals surface area contributed by atoms with Crippen molar-refractivity contribution < 1.29 is 24.2 Å². The van der Waals surface area contributed by atoms with Gasteiger partial charge in [-0.1, -0.05) is 18.2 Å². The number of carboxylic acids is 1. The maximum Gasteiger partial charge on any atom is 0.341 e. The van der Waals surface area contributed by atoms with Gasteiger partial charge in [-0.25, -0.2) is 14.8 Å². The van der Waals surface area contributed by atoms with E-state index in [9.17, 15) is 14.4 Å². The van der Waals surface area contributed by atoms with Crippen LogP contribution < -0.4 is 25.7 Å². The quantitative estimate of drug-likeness (QED) is 0.304. The number of benzene rings is 2. The summed E-state index contributed by atoms with van der Waals surface area (Å²) in [6.45, 7) is 2.89. The zero-order chi connectivity index (χ0) is 27.2. The number of hydrogen-bond acceptors (Lipinski definition) is 8. The predicted octanol–water partition coefficient (Wildman–Crippen LogP) is 3.71. The SMILES string of the molecule is COc1ccc(C(=O)Nc2ccccc2)cc1Nc1nccn(-c2cc(C)c(OCC(=O)O)c(C)n2)c1=O. The minimum atomic E-state index is -1.11. The Morgan fingerprint density at radius 2 is 1.84 bits per heavy atom. The van der Waals surface area contributed by atoms with Crippen LogP contribution in [0.15, 0.2) is 71.8 Å². The van der Waals surface area contributed by atoms with Crippen molar-refractivity contribution in [1.29, 1.82) is 0 Å². The fourth-order valence-electron chi connectivity index (χ4n) is 3.75. The minimum Gasteiger partial charge on any atom is -0.495 e. The van der Waals surface area contributed by atoms with Crippen LogP contribution in [0, 0.1) is 13.8 Å². The number of aryl methyl sites for hydroxylation is 2. The van der Waals surface area contributed by atoms with E-state index in [4.69, 9.17) is 14.6 Å². The Labute approximate surface area is 217 Å². The number of carbonyl (C=O) groups excluding carboxylic acids is 1. The van der Waals surface area contributed by atoms with Crippen molar-refractivity contribution in [2.45, 2.75) is 13.8 Å². The van der Waals surface area contributed by atoms with Crippen LogP contribution in [-0.2, 0) is 4.79 Å². The molecule has 11 heteroatoms. The van der Waals surface area contributed by atoms with Crippen LogP contribution in [0.4, 0.5) is 17.2 Å². The van der Waals surface area contributed by atoms with Gasteiger partial charge in [-0.05, 0) is 55.8 Å². The third kappa shape index (κ3) is 5.78. The summed E-state index contributed by atoms with van der Waals surface area (Å²) in [4.78, 5) is 45.6. The van der Waals surface area contributed by atoms with Crippen LogP contribution in [0.3, 0.4) is 0 Å². The Balaban J connectivity index is 1.64. The van der Waals surface area contributed by atoms with Gasteiger partial charge in [0.15, 0.2) is 12.4 Å². The van der Waals surface area contributed by atoms with Crippen molar-refractivity contribution in [2.75, 3.05) is 24.4 Å². The average Bonchev–Trinajstić information content (AvgIpc) is 2.89. The number of para-hydroxylation sites is 1. The summed E-state index contributed by atoms with van der Waals surface area (Å²) in [5.41, 5.74) is 1.91. The van der Waals surface area contributed by atoms with Crippen LogP contribution in [0.5, 0.6) is 11.5 Å². The molecule has 0 radical (unpaired) electrons. The highest BCUT2D eigenvalue weighted by Gasteiger charge is 2.16. The summed E-state index contributed by atoms with van der Waals surface area (Å²) in [6.07, 6.45) is 2.90. The van der Waals surface area contributed by atoms with Crippen LogP contribution in [-0.4, -0.2) is 45.2 Å². The zero-order valence-corrected chi connectivity index (χ0v) is 20.9. The molecule has 0 saturated carbocycles. The molecule has 4 rings (SSSR count). The largest absolute Gasteiger partial charge is 0.495 e. The number of nitrogens with one attached hydrogen (secondary N) is 2. The van der Waals surface area contributed by atoms with Gasteiger partial charge in [-0.3, -0.25) is 14.2 Å². The molecule has 0 saturated heterocycles. The fraction of sp³-hybridized carbons (Fsp3) is 0.148. The normalized spacial score (nSPS) is 10.5. The van der Waals surface area contributed by atoms with Crippen LogP contribution in [0.2, 0.25) is 0 Å². The molecule has 1 amide bonds.